The molecule has 1 aromatic carbocycles. The molecule has 0 bridgehead atoms. The molecule has 2 rings (SSSR count). The van der Waals surface area contributed by atoms with Gasteiger partial charge in [0.2, 0.25) is 0 Å². The molecule has 1 saturated carbocycles. The second kappa shape index (κ2) is 6.84. The molecular formula is C17H25NO2S. The average molecular weight is 307 g/mol. The minimum atomic E-state index is -0.512. The van der Waals surface area contributed by atoms with Gasteiger partial charge in [0.05, 0.1) is 7.11 Å². The van der Waals surface area contributed by atoms with Crippen LogP contribution in [0.2, 0.25) is 0 Å². The molecule has 21 heavy (non-hydrogen) atoms. The monoisotopic (exact) mass is 307 g/mol. The third-order valence-corrected chi connectivity index (χ3v) is 5.83. The summed E-state index contributed by atoms with van der Waals surface area (Å²) < 4.78 is 5.01. The van der Waals surface area contributed by atoms with Crippen LogP contribution in [0.5, 0.6) is 0 Å². The summed E-state index contributed by atoms with van der Waals surface area (Å²) in [7, 11) is 3.34. The Bertz CT molecular complexity index is 518. The number of aryl methyl sites for hydroxylation is 2. The van der Waals surface area contributed by atoms with E-state index in [0.29, 0.717) is 5.25 Å². The van der Waals surface area contributed by atoms with Crippen molar-refractivity contribution in [1.29, 1.82) is 0 Å². The number of rotatable bonds is 4. The largest absolute Gasteiger partial charge is 0.468 e. The molecule has 116 valence electrons. The number of carbonyl (C=O) groups is 1. The van der Waals surface area contributed by atoms with E-state index in [-0.39, 0.29) is 5.97 Å². The van der Waals surface area contributed by atoms with E-state index in [1.54, 1.807) is 0 Å². The first-order valence-corrected chi connectivity index (χ1v) is 8.40. The van der Waals surface area contributed by atoms with Crippen molar-refractivity contribution in [3.05, 3.63) is 29.3 Å². The molecular weight excluding hydrogens is 282 g/mol. The molecule has 1 aliphatic rings. The first-order valence-electron chi connectivity index (χ1n) is 7.52. The van der Waals surface area contributed by atoms with Crippen LogP contribution in [0.25, 0.3) is 0 Å². The van der Waals surface area contributed by atoms with Crippen LogP contribution in [-0.4, -0.2) is 30.9 Å². The molecule has 0 amide bonds. The highest BCUT2D eigenvalue weighted by Gasteiger charge is 2.42. The van der Waals surface area contributed by atoms with E-state index >= 15 is 0 Å². The van der Waals surface area contributed by atoms with Gasteiger partial charge in [-0.2, -0.15) is 0 Å². The van der Waals surface area contributed by atoms with Crippen LogP contribution in [-0.2, 0) is 9.53 Å². The van der Waals surface area contributed by atoms with Gasteiger partial charge in [0, 0.05) is 10.1 Å². The number of benzene rings is 1. The Balaban J connectivity index is 2.14. The average Bonchev–Trinajstić information content (AvgIpc) is 2.50. The van der Waals surface area contributed by atoms with Crippen molar-refractivity contribution in [2.75, 3.05) is 14.2 Å². The predicted octanol–water partition coefficient (Wildman–Crippen LogP) is 3.47. The van der Waals surface area contributed by atoms with Crippen molar-refractivity contribution >= 4 is 17.7 Å². The van der Waals surface area contributed by atoms with Gasteiger partial charge in [-0.05, 0) is 58.2 Å². The molecule has 3 nitrogen and oxygen atoms in total. The lowest BCUT2D eigenvalue weighted by molar-refractivity contribution is -0.149. The van der Waals surface area contributed by atoms with Gasteiger partial charge in [-0.1, -0.05) is 17.7 Å². The maximum atomic E-state index is 12.1. The number of thioether (sulfide) groups is 1. The van der Waals surface area contributed by atoms with Crippen LogP contribution >= 0.6 is 11.8 Å². The number of hydrogen-bond acceptors (Lipinski definition) is 4. The van der Waals surface area contributed by atoms with E-state index in [4.69, 9.17) is 4.74 Å². The highest BCUT2D eigenvalue weighted by Crippen LogP contribution is 2.39. The number of nitrogens with one attached hydrogen (secondary N) is 1. The molecule has 2 atom stereocenters. The van der Waals surface area contributed by atoms with E-state index in [1.807, 2.05) is 18.8 Å². The maximum Gasteiger partial charge on any atom is 0.326 e. The van der Waals surface area contributed by atoms with Gasteiger partial charge in [0.25, 0.3) is 0 Å². The lowest BCUT2D eigenvalue weighted by atomic mass is 9.81. The Morgan fingerprint density at radius 2 is 2.19 bits per heavy atom. The van der Waals surface area contributed by atoms with Gasteiger partial charge in [-0.25, -0.2) is 0 Å². The summed E-state index contributed by atoms with van der Waals surface area (Å²) in [5.41, 5.74) is 2.08. The van der Waals surface area contributed by atoms with Crippen molar-refractivity contribution < 1.29 is 9.53 Å². The quantitative estimate of drug-likeness (QED) is 0.865. The third-order valence-electron chi connectivity index (χ3n) is 4.40. The fourth-order valence-electron chi connectivity index (χ4n) is 3.05. The normalized spacial score (nSPS) is 25.6. The molecule has 0 aliphatic heterocycles. The molecule has 4 heteroatoms. The smallest absolute Gasteiger partial charge is 0.326 e. The van der Waals surface area contributed by atoms with Crippen molar-refractivity contribution in [3.8, 4) is 0 Å². The standard InChI is InChI=1S/C17H25NO2S/c1-12-7-8-13(2)15(10-12)21-14-6-5-9-17(11-14,18-3)16(19)20-4/h7-8,10,14,18H,5-6,9,11H2,1-4H3. The van der Waals surface area contributed by atoms with Gasteiger partial charge in [0.1, 0.15) is 5.54 Å². The fourth-order valence-corrected chi connectivity index (χ4v) is 4.57. The van der Waals surface area contributed by atoms with E-state index < -0.39 is 5.54 Å². The number of carbonyl (C=O) groups excluding carboxylic acids is 1. The van der Waals surface area contributed by atoms with E-state index in [9.17, 15) is 4.79 Å². The van der Waals surface area contributed by atoms with Crippen LogP contribution in [0.4, 0.5) is 0 Å². The van der Waals surface area contributed by atoms with E-state index in [1.165, 1.54) is 23.1 Å². The zero-order valence-electron chi connectivity index (χ0n) is 13.4. The Morgan fingerprint density at radius 3 is 2.86 bits per heavy atom. The van der Waals surface area contributed by atoms with Crippen molar-refractivity contribution in [2.45, 2.75) is 55.2 Å². The molecule has 0 saturated heterocycles. The molecule has 0 aromatic heterocycles. The number of hydrogen-bond donors (Lipinski definition) is 1. The van der Waals surface area contributed by atoms with Crippen LogP contribution in [0.3, 0.4) is 0 Å². The molecule has 1 aromatic rings. The minimum absolute atomic E-state index is 0.128. The third kappa shape index (κ3) is 3.61. The number of esters is 1. The summed E-state index contributed by atoms with van der Waals surface area (Å²) in [5.74, 6) is -0.128. The first kappa shape index (κ1) is 16.4. The van der Waals surface area contributed by atoms with Gasteiger partial charge < -0.3 is 10.1 Å². The summed E-state index contributed by atoms with van der Waals surface area (Å²) in [6, 6.07) is 6.56. The van der Waals surface area contributed by atoms with Crippen molar-refractivity contribution in [3.63, 3.8) is 0 Å². The highest BCUT2D eigenvalue weighted by atomic mass is 32.2. The zero-order valence-corrected chi connectivity index (χ0v) is 14.2. The number of methoxy groups -OCH3 is 1. The SMILES string of the molecule is CNC1(C(=O)OC)CCCC(Sc2cc(C)ccc2C)C1. The van der Waals surface area contributed by atoms with Crippen LogP contribution in [0.15, 0.2) is 23.1 Å². The molecule has 0 heterocycles. The summed E-state index contributed by atoms with van der Waals surface area (Å²) in [6.45, 7) is 4.27. The second-order valence-corrected chi connectivity index (χ2v) is 7.27. The van der Waals surface area contributed by atoms with Gasteiger partial charge >= 0.3 is 5.97 Å². The highest BCUT2D eigenvalue weighted by molar-refractivity contribution is 8.00. The molecule has 2 unspecified atom stereocenters. The Kier molecular flexibility index (Phi) is 5.33. The fraction of sp³-hybridized carbons (Fsp3) is 0.588. The van der Waals surface area contributed by atoms with Crippen LogP contribution in [0.1, 0.15) is 36.8 Å². The van der Waals surface area contributed by atoms with E-state index in [0.717, 1.165) is 25.7 Å². The molecule has 1 fully saturated rings. The van der Waals surface area contributed by atoms with E-state index in [2.05, 4.69) is 37.4 Å². The summed E-state index contributed by atoms with van der Waals surface area (Å²) >= 11 is 1.90. The number of ether oxygens (including phenoxy) is 1. The molecule has 0 radical (unpaired) electrons. The first-order chi connectivity index (χ1) is 10.0. The number of likely N-dealkylation sites (N-methyl/N-ethyl adjacent to an activating group) is 1. The molecule has 0 spiro atoms. The summed E-state index contributed by atoms with van der Waals surface area (Å²) in [6.07, 6.45) is 3.89. The maximum absolute atomic E-state index is 12.1. The van der Waals surface area contributed by atoms with Gasteiger partial charge in [0.15, 0.2) is 0 Å². The summed E-state index contributed by atoms with van der Waals surface area (Å²) in [5, 5.41) is 3.67. The summed E-state index contributed by atoms with van der Waals surface area (Å²) in [4.78, 5) is 13.5. The lowest BCUT2D eigenvalue weighted by Gasteiger charge is -2.38. The predicted molar refractivity (Wildman–Crippen MR) is 87.8 cm³/mol. The molecule has 1 aliphatic carbocycles. The van der Waals surface area contributed by atoms with Gasteiger partial charge in [-0.3, -0.25) is 4.79 Å². The second-order valence-electron chi connectivity index (χ2n) is 5.93. The molecule has 1 N–H and O–H groups in total. The van der Waals surface area contributed by atoms with Crippen molar-refractivity contribution in [1.82, 2.24) is 5.32 Å². The lowest BCUT2D eigenvalue weighted by Crippen LogP contribution is -2.54. The zero-order chi connectivity index (χ0) is 15.5. The van der Waals surface area contributed by atoms with Gasteiger partial charge in [-0.15, -0.1) is 11.8 Å². The van der Waals surface area contributed by atoms with Crippen molar-refractivity contribution in [2.24, 2.45) is 0 Å². The Labute approximate surface area is 131 Å². The minimum Gasteiger partial charge on any atom is -0.468 e. The van der Waals surface area contributed by atoms with Crippen LogP contribution < -0.4 is 5.32 Å². The topological polar surface area (TPSA) is 38.3 Å². The Morgan fingerprint density at radius 1 is 1.43 bits per heavy atom. The van der Waals surface area contributed by atoms with Crippen LogP contribution in [0, 0.1) is 13.8 Å². The Hall–Kier alpha value is -1.00.